The van der Waals surface area contributed by atoms with Gasteiger partial charge in [-0.25, -0.2) is 18.7 Å². The summed E-state index contributed by atoms with van der Waals surface area (Å²) >= 11 is 1.02. The molecule has 3 rings (SSSR count). The van der Waals surface area contributed by atoms with Crippen molar-refractivity contribution in [2.75, 3.05) is 12.4 Å². The third kappa shape index (κ3) is 2.69. The third-order valence-corrected chi connectivity index (χ3v) is 3.81. The first kappa shape index (κ1) is 13.8. The van der Waals surface area contributed by atoms with Crippen LogP contribution in [-0.2, 0) is 0 Å². The van der Waals surface area contributed by atoms with Crippen molar-refractivity contribution in [1.82, 2.24) is 15.0 Å². The maximum atomic E-state index is 13.8. The number of aromatic amines is 1. The molecule has 2 aromatic heterocycles. The summed E-state index contributed by atoms with van der Waals surface area (Å²) in [6, 6.07) is 6.61. The number of imidazole rings is 1. The lowest BCUT2D eigenvalue weighted by atomic mass is 10.2. The molecule has 7 heteroatoms. The van der Waals surface area contributed by atoms with E-state index in [0.29, 0.717) is 5.16 Å². The maximum Gasteiger partial charge on any atom is 0.172 e. The van der Waals surface area contributed by atoms with Crippen molar-refractivity contribution < 1.29 is 8.78 Å². The van der Waals surface area contributed by atoms with Crippen LogP contribution in [0.25, 0.3) is 11.0 Å². The summed E-state index contributed by atoms with van der Waals surface area (Å²) in [7, 11) is 1.53. The third-order valence-electron chi connectivity index (χ3n) is 2.94. The number of halogens is 2. The molecule has 3 aromatic rings. The minimum atomic E-state index is -0.723. The Morgan fingerprint density at radius 1 is 1.14 bits per heavy atom. The van der Waals surface area contributed by atoms with Crippen molar-refractivity contribution in [2.24, 2.45) is 0 Å². The number of hydrogen-bond donors (Lipinski definition) is 2. The predicted octanol–water partition coefficient (Wildman–Crippen LogP) is 3.74. The van der Waals surface area contributed by atoms with Crippen LogP contribution in [0.5, 0.6) is 0 Å². The summed E-state index contributed by atoms with van der Waals surface area (Å²) in [4.78, 5) is 11.4. The van der Waals surface area contributed by atoms with Gasteiger partial charge in [-0.15, -0.1) is 0 Å². The molecule has 2 N–H and O–H groups in total. The van der Waals surface area contributed by atoms with Gasteiger partial charge in [-0.3, -0.25) is 0 Å². The predicted molar refractivity (Wildman–Crippen MR) is 78.7 cm³/mol. The number of pyridine rings is 1. The number of rotatable bonds is 3. The quantitative estimate of drug-likeness (QED) is 0.774. The molecule has 0 atom stereocenters. The van der Waals surface area contributed by atoms with E-state index in [4.69, 9.17) is 0 Å². The second-order valence-electron chi connectivity index (χ2n) is 4.52. The van der Waals surface area contributed by atoms with E-state index in [1.807, 2.05) is 25.1 Å². The second kappa shape index (κ2) is 5.33. The number of aromatic nitrogens is 3. The topological polar surface area (TPSA) is 53.6 Å². The molecule has 2 heterocycles. The lowest BCUT2D eigenvalue weighted by Gasteiger charge is -2.04. The molecule has 0 aliphatic rings. The van der Waals surface area contributed by atoms with Gasteiger partial charge in [-0.05, 0) is 36.4 Å². The highest BCUT2D eigenvalue weighted by Gasteiger charge is 2.14. The zero-order chi connectivity index (χ0) is 15.0. The molecule has 4 nitrogen and oxygen atoms in total. The Labute approximate surface area is 124 Å². The summed E-state index contributed by atoms with van der Waals surface area (Å²) in [5.74, 6) is -1.43. The van der Waals surface area contributed by atoms with Crippen molar-refractivity contribution in [3.05, 3.63) is 41.5 Å². The Morgan fingerprint density at radius 3 is 2.71 bits per heavy atom. The van der Waals surface area contributed by atoms with Crippen LogP contribution in [0.15, 0.2) is 34.4 Å². The lowest BCUT2D eigenvalue weighted by molar-refractivity contribution is 0.551. The second-order valence-corrected chi connectivity index (χ2v) is 5.50. The first-order valence-electron chi connectivity index (χ1n) is 6.25. The van der Waals surface area contributed by atoms with Gasteiger partial charge in [0.15, 0.2) is 22.6 Å². The molecule has 0 saturated carbocycles. The monoisotopic (exact) mass is 306 g/mol. The number of aryl methyl sites for hydroxylation is 1. The first-order valence-corrected chi connectivity index (χ1v) is 7.06. The summed E-state index contributed by atoms with van der Waals surface area (Å²) in [6.07, 6.45) is 0. The van der Waals surface area contributed by atoms with E-state index in [-0.39, 0.29) is 10.8 Å². The van der Waals surface area contributed by atoms with Crippen LogP contribution >= 0.6 is 11.8 Å². The smallest absolute Gasteiger partial charge is 0.172 e. The molecule has 0 aliphatic carbocycles. The van der Waals surface area contributed by atoms with Gasteiger partial charge in [0.2, 0.25) is 0 Å². The van der Waals surface area contributed by atoms with Crippen LogP contribution in [0.1, 0.15) is 5.56 Å². The van der Waals surface area contributed by atoms with E-state index in [2.05, 4.69) is 20.3 Å². The molecule has 0 spiro atoms. The van der Waals surface area contributed by atoms with Gasteiger partial charge in [0.25, 0.3) is 0 Å². The summed E-state index contributed by atoms with van der Waals surface area (Å²) in [5.41, 5.74) is 2.76. The molecule has 0 radical (unpaired) electrons. The minimum Gasteiger partial charge on any atom is -0.371 e. The number of nitrogens with zero attached hydrogens (tertiary/aromatic N) is 2. The highest BCUT2D eigenvalue weighted by Crippen LogP contribution is 2.30. The van der Waals surface area contributed by atoms with E-state index in [1.165, 1.54) is 7.05 Å². The fourth-order valence-electron chi connectivity index (χ4n) is 1.94. The molecule has 0 saturated heterocycles. The normalized spacial score (nSPS) is 11.0. The number of anilines is 1. The Hall–Kier alpha value is -2.15. The van der Waals surface area contributed by atoms with Crippen molar-refractivity contribution in [3.63, 3.8) is 0 Å². The molecule has 0 fully saturated rings. The van der Waals surface area contributed by atoms with E-state index in [1.54, 1.807) is 0 Å². The molecule has 0 aliphatic heterocycles. The zero-order valence-corrected chi connectivity index (χ0v) is 12.2. The Morgan fingerprint density at radius 2 is 1.95 bits per heavy atom. The fourth-order valence-corrected chi connectivity index (χ4v) is 2.72. The summed E-state index contributed by atoms with van der Waals surface area (Å²) < 4.78 is 27.2. The standard InChI is InChI=1S/C14H12F2N4S/c1-7-3-4-10-11(5-7)19-14(18-10)21-13-9(16)6-8(15)12(17-2)20-13/h3-6H,1-2H3,(H,17,20)(H,18,19). The van der Waals surface area contributed by atoms with Crippen LogP contribution in [-0.4, -0.2) is 22.0 Å². The Balaban J connectivity index is 1.98. The van der Waals surface area contributed by atoms with Crippen molar-refractivity contribution in [1.29, 1.82) is 0 Å². The average molecular weight is 306 g/mol. The van der Waals surface area contributed by atoms with Gasteiger partial charge in [-0.2, -0.15) is 0 Å². The molecule has 0 bridgehead atoms. The van der Waals surface area contributed by atoms with Crippen LogP contribution in [0.4, 0.5) is 14.6 Å². The van der Waals surface area contributed by atoms with Crippen LogP contribution in [0.3, 0.4) is 0 Å². The van der Waals surface area contributed by atoms with Crippen molar-refractivity contribution >= 4 is 28.6 Å². The molecule has 1 aromatic carbocycles. The first-order chi connectivity index (χ1) is 10.1. The number of fused-ring (bicyclic) bond motifs is 1. The SMILES string of the molecule is CNc1nc(Sc2nc3ccc(C)cc3[nH]2)c(F)cc1F. The molecule has 0 amide bonds. The van der Waals surface area contributed by atoms with Gasteiger partial charge in [0, 0.05) is 13.1 Å². The average Bonchev–Trinajstić information content (AvgIpc) is 2.83. The number of benzene rings is 1. The van der Waals surface area contributed by atoms with Gasteiger partial charge in [-0.1, -0.05) is 6.07 Å². The van der Waals surface area contributed by atoms with Crippen molar-refractivity contribution in [3.8, 4) is 0 Å². The van der Waals surface area contributed by atoms with Crippen molar-refractivity contribution in [2.45, 2.75) is 17.1 Å². The number of hydrogen-bond acceptors (Lipinski definition) is 4. The largest absolute Gasteiger partial charge is 0.371 e. The lowest BCUT2D eigenvalue weighted by Crippen LogP contribution is -1.99. The summed E-state index contributed by atoms with van der Waals surface area (Å²) in [6.45, 7) is 1.98. The fraction of sp³-hybridized carbons (Fsp3) is 0.143. The minimum absolute atomic E-state index is 0.00542. The van der Waals surface area contributed by atoms with Gasteiger partial charge in [0.05, 0.1) is 11.0 Å². The van der Waals surface area contributed by atoms with E-state index < -0.39 is 11.6 Å². The molecular weight excluding hydrogens is 294 g/mol. The van der Waals surface area contributed by atoms with Crippen LogP contribution in [0.2, 0.25) is 0 Å². The van der Waals surface area contributed by atoms with E-state index in [0.717, 1.165) is 34.4 Å². The molecule has 21 heavy (non-hydrogen) atoms. The van der Waals surface area contributed by atoms with E-state index in [9.17, 15) is 8.78 Å². The van der Waals surface area contributed by atoms with Gasteiger partial charge >= 0.3 is 0 Å². The molecule has 0 unspecified atom stereocenters. The Kier molecular flexibility index (Phi) is 3.50. The van der Waals surface area contributed by atoms with Crippen LogP contribution in [0, 0.1) is 18.6 Å². The highest BCUT2D eigenvalue weighted by molar-refractivity contribution is 7.99. The van der Waals surface area contributed by atoms with E-state index >= 15 is 0 Å². The number of nitrogens with one attached hydrogen (secondary N) is 2. The maximum absolute atomic E-state index is 13.8. The van der Waals surface area contributed by atoms with Gasteiger partial charge in [0.1, 0.15) is 5.03 Å². The molecule has 108 valence electrons. The molecular formula is C14H12F2N4S. The Bertz CT molecular complexity index is 816. The summed E-state index contributed by atoms with van der Waals surface area (Å²) in [5, 5.41) is 3.16. The van der Waals surface area contributed by atoms with Gasteiger partial charge < -0.3 is 10.3 Å². The zero-order valence-electron chi connectivity index (χ0n) is 11.4. The van der Waals surface area contributed by atoms with Crippen LogP contribution < -0.4 is 5.32 Å². The highest BCUT2D eigenvalue weighted by atomic mass is 32.2. The number of H-pyrrole nitrogens is 1.